The van der Waals surface area contributed by atoms with Gasteiger partial charge in [-0.15, -0.1) is 12.4 Å². The number of piperidine rings is 2. The zero-order valence-electron chi connectivity index (χ0n) is 15.8. The summed E-state index contributed by atoms with van der Waals surface area (Å²) in [5, 5.41) is 10.7. The molecular formula is C20H26ClN5O2. The van der Waals surface area contributed by atoms with Gasteiger partial charge in [-0.3, -0.25) is 14.3 Å². The Hall–Kier alpha value is -2.38. The van der Waals surface area contributed by atoms with E-state index in [4.69, 9.17) is 0 Å². The molecule has 2 aromatic rings. The highest BCUT2D eigenvalue weighted by Gasteiger charge is 2.42. The van der Waals surface area contributed by atoms with E-state index >= 15 is 0 Å². The molecule has 0 spiro atoms. The van der Waals surface area contributed by atoms with Gasteiger partial charge in [0, 0.05) is 36.7 Å². The van der Waals surface area contributed by atoms with E-state index in [0.29, 0.717) is 24.9 Å². The molecule has 28 heavy (non-hydrogen) atoms. The maximum Gasteiger partial charge on any atom is 0.252 e. The second-order valence-corrected chi connectivity index (χ2v) is 7.24. The highest BCUT2D eigenvalue weighted by atomic mass is 35.5. The number of hydrogen-bond donors (Lipinski definition) is 2. The van der Waals surface area contributed by atoms with Crippen LogP contribution in [0.15, 0.2) is 42.7 Å². The Balaban J connectivity index is 0.00000225. The molecule has 2 aliphatic heterocycles. The molecule has 0 radical (unpaired) electrons. The Morgan fingerprint density at radius 2 is 2.00 bits per heavy atom. The number of anilines is 2. The maximum atomic E-state index is 13.3. The van der Waals surface area contributed by atoms with Crippen molar-refractivity contribution in [2.24, 2.45) is 0 Å². The zero-order chi connectivity index (χ0) is 18.7. The van der Waals surface area contributed by atoms with Crippen LogP contribution in [0, 0.1) is 0 Å². The predicted octanol–water partition coefficient (Wildman–Crippen LogP) is 2.54. The molecule has 2 saturated heterocycles. The molecule has 4 rings (SSSR count). The fraction of sp³-hybridized carbons (Fsp3) is 0.450. The normalized spacial score (nSPS) is 19.0. The highest BCUT2D eigenvalue weighted by molar-refractivity contribution is 5.98. The number of carbonyl (C=O) groups is 2. The van der Waals surface area contributed by atoms with Gasteiger partial charge in [0.15, 0.2) is 0 Å². The van der Waals surface area contributed by atoms with Crippen molar-refractivity contribution >= 4 is 35.6 Å². The second kappa shape index (κ2) is 8.75. The van der Waals surface area contributed by atoms with Crippen molar-refractivity contribution in [2.75, 3.05) is 29.9 Å². The Labute approximate surface area is 170 Å². The van der Waals surface area contributed by atoms with E-state index in [2.05, 4.69) is 15.7 Å². The Morgan fingerprint density at radius 3 is 2.71 bits per heavy atom. The molecule has 1 aromatic heterocycles. The van der Waals surface area contributed by atoms with Gasteiger partial charge in [0.1, 0.15) is 5.54 Å². The lowest BCUT2D eigenvalue weighted by Gasteiger charge is -2.36. The van der Waals surface area contributed by atoms with Crippen LogP contribution in [0.5, 0.6) is 0 Å². The second-order valence-electron chi connectivity index (χ2n) is 7.24. The number of hydrogen-bond acceptors (Lipinski definition) is 4. The number of halogens is 1. The van der Waals surface area contributed by atoms with E-state index in [1.807, 2.05) is 41.4 Å². The van der Waals surface area contributed by atoms with E-state index in [1.165, 1.54) is 0 Å². The lowest BCUT2D eigenvalue weighted by Crippen LogP contribution is -2.52. The first-order chi connectivity index (χ1) is 13.2. The molecule has 2 amide bonds. The summed E-state index contributed by atoms with van der Waals surface area (Å²) < 4.78 is 1.78. The largest absolute Gasteiger partial charge is 0.324 e. The first kappa shape index (κ1) is 20.4. The standard InChI is InChI=1S/C20H25N5O2.ClH/c26-18-7-1-2-13-24(18)17-6-3-5-16(15-17)23-19(27)20(8-11-21-12-9-20)25-14-4-10-22-25;/h3-6,10,14-15,21H,1-2,7-9,11-13H2,(H,23,27);1H. The maximum absolute atomic E-state index is 13.3. The average Bonchev–Trinajstić information content (AvgIpc) is 3.24. The summed E-state index contributed by atoms with van der Waals surface area (Å²) in [5.41, 5.74) is 0.864. The minimum absolute atomic E-state index is 0. The molecule has 3 heterocycles. The fourth-order valence-corrected chi connectivity index (χ4v) is 4.00. The fourth-order valence-electron chi connectivity index (χ4n) is 4.00. The monoisotopic (exact) mass is 403 g/mol. The average molecular weight is 404 g/mol. The van der Waals surface area contributed by atoms with Gasteiger partial charge in [-0.25, -0.2) is 0 Å². The third-order valence-corrected chi connectivity index (χ3v) is 5.54. The molecule has 0 bridgehead atoms. The van der Waals surface area contributed by atoms with Gasteiger partial charge in [0.25, 0.3) is 5.91 Å². The van der Waals surface area contributed by atoms with E-state index < -0.39 is 5.54 Å². The van der Waals surface area contributed by atoms with Crippen molar-refractivity contribution in [3.63, 3.8) is 0 Å². The number of benzene rings is 1. The van der Waals surface area contributed by atoms with E-state index in [1.54, 1.807) is 10.9 Å². The molecule has 0 unspecified atom stereocenters. The zero-order valence-corrected chi connectivity index (χ0v) is 16.6. The van der Waals surface area contributed by atoms with Crippen molar-refractivity contribution < 1.29 is 9.59 Å². The molecule has 2 fully saturated rings. The van der Waals surface area contributed by atoms with Crippen LogP contribution in [0.2, 0.25) is 0 Å². The van der Waals surface area contributed by atoms with Crippen LogP contribution in [0.25, 0.3) is 0 Å². The van der Waals surface area contributed by atoms with Crippen LogP contribution < -0.4 is 15.5 Å². The molecular weight excluding hydrogens is 378 g/mol. The van der Waals surface area contributed by atoms with Crippen LogP contribution in [0.4, 0.5) is 11.4 Å². The van der Waals surface area contributed by atoms with Gasteiger partial charge >= 0.3 is 0 Å². The summed E-state index contributed by atoms with van der Waals surface area (Å²) in [6.45, 7) is 2.28. The number of amides is 2. The lowest BCUT2D eigenvalue weighted by molar-refractivity contribution is -0.126. The number of aromatic nitrogens is 2. The summed E-state index contributed by atoms with van der Waals surface area (Å²) in [4.78, 5) is 27.3. The van der Waals surface area contributed by atoms with E-state index in [0.717, 1.165) is 38.2 Å². The lowest BCUT2D eigenvalue weighted by atomic mass is 9.87. The predicted molar refractivity (Wildman–Crippen MR) is 111 cm³/mol. The number of rotatable bonds is 4. The highest BCUT2D eigenvalue weighted by Crippen LogP contribution is 2.30. The van der Waals surface area contributed by atoms with E-state index in [-0.39, 0.29) is 24.2 Å². The van der Waals surface area contributed by atoms with Gasteiger partial charge in [0.2, 0.25) is 5.91 Å². The van der Waals surface area contributed by atoms with Crippen molar-refractivity contribution in [3.8, 4) is 0 Å². The first-order valence-corrected chi connectivity index (χ1v) is 9.62. The van der Waals surface area contributed by atoms with Gasteiger partial charge < -0.3 is 15.5 Å². The molecule has 2 N–H and O–H groups in total. The van der Waals surface area contributed by atoms with Crippen LogP contribution in [0.1, 0.15) is 32.1 Å². The quantitative estimate of drug-likeness (QED) is 0.822. The molecule has 1 aromatic carbocycles. The van der Waals surface area contributed by atoms with Gasteiger partial charge in [0.05, 0.1) is 0 Å². The number of nitrogens with zero attached hydrogens (tertiary/aromatic N) is 3. The SMILES string of the molecule is Cl.O=C1CCCCN1c1cccc(NC(=O)C2(n3cccn3)CCNCC2)c1. The summed E-state index contributed by atoms with van der Waals surface area (Å²) in [6, 6.07) is 9.41. The molecule has 7 nitrogen and oxygen atoms in total. The summed E-state index contributed by atoms with van der Waals surface area (Å²) in [7, 11) is 0. The summed E-state index contributed by atoms with van der Waals surface area (Å²) in [6.07, 6.45) is 7.49. The van der Waals surface area contributed by atoms with Crippen molar-refractivity contribution in [1.29, 1.82) is 0 Å². The minimum atomic E-state index is -0.689. The third kappa shape index (κ3) is 3.91. The van der Waals surface area contributed by atoms with Gasteiger partial charge in [-0.05, 0) is 63.0 Å². The van der Waals surface area contributed by atoms with Crippen LogP contribution in [-0.4, -0.2) is 41.2 Å². The van der Waals surface area contributed by atoms with Crippen molar-refractivity contribution in [3.05, 3.63) is 42.7 Å². The summed E-state index contributed by atoms with van der Waals surface area (Å²) >= 11 is 0. The number of nitrogens with one attached hydrogen (secondary N) is 2. The first-order valence-electron chi connectivity index (χ1n) is 9.62. The topological polar surface area (TPSA) is 79.3 Å². The summed E-state index contributed by atoms with van der Waals surface area (Å²) in [5.74, 6) is 0.0888. The number of carbonyl (C=O) groups excluding carboxylic acids is 2. The van der Waals surface area contributed by atoms with Crippen LogP contribution in [-0.2, 0) is 15.1 Å². The molecule has 0 saturated carbocycles. The minimum Gasteiger partial charge on any atom is -0.324 e. The van der Waals surface area contributed by atoms with Crippen molar-refractivity contribution in [1.82, 2.24) is 15.1 Å². The van der Waals surface area contributed by atoms with Crippen LogP contribution in [0.3, 0.4) is 0 Å². The molecule has 0 atom stereocenters. The van der Waals surface area contributed by atoms with Crippen LogP contribution >= 0.6 is 12.4 Å². The third-order valence-electron chi connectivity index (χ3n) is 5.54. The molecule has 2 aliphatic rings. The smallest absolute Gasteiger partial charge is 0.252 e. The Bertz CT molecular complexity index is 818. The van der Waals surface area contributed by atoms with Gasteiger partial charge in [-0.2, -0.15) is 5.10 Å². The Morgan fingerprint density at radius 1 is 1.18 bits per heavy atom. The molecule has 0 aliphatic carbocycles. The Kier molecular flexibility index (Phi) is 6.36. The molecule has 150 valence electrons. The molecule has 8 heteroatoms. The van der Waals surface area contributed by atoms with E-state index in [9.17, 15) is 9.59 Å². The van der Waals surface area contributed by atoms with Gasteiger partial charge in [-0.1, -0.05) is 6.07 Å². The van der Waals surface area contributed by atoms with Crippen molar-refractivity contribution in [2.45, 2.75) is 37.6 Å².